The minimum atomic E-state index is -0.201. The van der Waals surface area contributed by atoms with Crippen molar-refractivity contribution in [3.8, 4) is 0 Å². The summed E-state index contributed by atoms with van der Waals surface area (Å²) in [5.41, 5.74) is 6.54. The maximum Gasteiger partial charge on any atom is 0.259 e. The van der Waals surface area contributed by atoms with Gasteiger partial charge in [0.2, 0.25) is 0 Å². The summed E-state index contributed by atoms with van der Waals surface area (Å²) in [6.07, 6.45) is 3.49. The number of halogens is 1. The van der Waals surface area contributed by atoms with Crippen LogP contribution in [0.4, 0.5) is 5.69 Å². The number of nitrogens with zero attached hydrogens (tertiary/aromatic N) is 1. The fraction of sp³-hybridized carbons (Fsp3) is 0.111. The number of anilines is 1. The number of hydrazone groups is 1. The van der Waals surface area contributed by atoms with Gasteiger partial charge in [-0.25, -0.2) is 5.43 Å². The molecule has 0 fully saturated rings. The minimum Gasteiger partial charge on any atom is -0.376 e. The summed E-state index contributed by atoms with van der Waals surface area (Å²) in [5, 5.41) is 8.12. The third-order valence-corrected chi connectivity index (χ3v) is 4.07. The van der Waals surface area contributed by atoms with Crippen LogP contribution in [0.3, 0.4) is 0 Å². The zero-order valence-electron chi connectivity index (χ0n) is 13.1. The van der Waals surface area contributed by atoms with Crippen LogP contribution in [-0.2, 0) is 4.79 Å². The van der Waals surface area contributed by atoms with Gasteiger partial charge in [0.1, 0.15) is 0 Å². The maximum absolute atomic E-state index is 11.8. The smallest absolute Gasteiger partial charge is 0.259 e. The molecule has 0 atom stereocenters. The minimum absolute atomic E-state index is 0.167. The van der Waals surface area contributed by atoms with Gasteiger partial charge in [0.25, 0.3) is 5.91 Å². The van der Waals surface area contributed by atoms with Crippen molar-refractivity contribution in [2.24, 2.45) is 5.10 Å². The first kappa shape index (κ1) is 16.3. The van der Waals surface area contributed by atoms with Gasteiger partial charge in [-0.1, -0.05) is 33.6 Å². The lowest BCUT2D eigenvalue weighted by atomic mass is 10.2. The molecule has 1 aromatic heterocycles. The van der Waals surface area contributed by atoms with Gasteiger partial charge < -0.3 is 10.3 Å². The third kappa shape index (κ3) is 4.02. The van der Waals surface area contributed by atoms with E-state index < -0.39 is 0 Å². The molecule has 0 bridgehead atoms. The van der Waals surface area contributed by atoms with Crippen molar-refractivity contribution in [3.63, 3.8) is 0 Å². The van der Waals surface area contributed by atoms with E-state index in [1.807, 2.05) is 55.6 Å². The number of benzene rings is 2. The largest absolute Gasteiger partial charge is 0.376 e. The van der Waals surface area contributed by atoms with Crippen molar-refractivity contribution in [2.75, 3.05) is 11.9 Å². The van der Waals surface area contributed by atoms with Gasteiger partial charge in [-0.15, -0.1) is 0 Å². The predicted octanol–water partition coefficient (Wildman–Crippen LogP) is 3.80. The van der Waals surface area contributed by atoms with Gasteiger partial charge in [0, 0.05) is 32.8 Å². The number of rotatable bonds is 5. The van der Waals surface area contributed by atoms with Crippen molar-refractivity contribution in [1.29, 1.82) is 0 Å². The molecule has 0 unspecified atom stereocenters. The Morgan fingerprint density at radius 2 is 2.04 bits per heavy atom. The highest BCUT2D eigenvalue weighted by Crippen LogP contribution is 2.21. The van der Waals surface area contributed by atoms with Crippen LogP contribution in [-0.4, -0.2) is 23.7 Å². The Hall–Kier alpha value is -2.60. The Kier molecular flexibility index (Phi) is 4.96. The Morgan fingerprint density at radius 3 is 2.83 bits per heavy atom. The van der Waals surface area contributed by atoms with Gasteiger partial charge in [0.15, 0.2) is 0 Å². The van der Waals surface area contributed by atoms with E-state index in [4.69, 9.17) is 0 Å². The van der Waals surface area contributed by atoms with Crippen LogP contribution in [0, 0.1) is 6.92 Å². The average Bonchev–Trinajstić information content (AvgIpc) is 2.97. The van der Waals surface area contributed by atoms with E-state index in [9.17, 15) is 4.79 Å². The number of carbonyl (C=O) groups excluding carboxylic acids is 1. The summed E-state index contributed by atoms with van der Waals surface area (Å²) >= 11 is 3.45. The first-order valence-electron chi connectivity index (χ1n) is 7.51. The summed E-state index contributed by atoms with van der Waals surface area (Å²) in [4.78, 5) is 15.0. The van der Waals surface area contributed by atoms with Gasteiger partial charge in [-0.3, -0.25) is 4.79 Å². The lowest BCUT2D eigenvalue weighted by Crippen LogP contribution is -2.25. The van der Waals surface area contributed by atoms with Crippen LogP contribution in [0.25, 0.3) is 10.9 Å². The molecule has 2 aromatic carbocycles. The quantitative estimate of drug-likeness (QED) is 0.462. The molecule has 1 heterocycles. The molecule has 0 spiro atoms. The van der Waals surface area contributed by atoms with Crippen molar-refractivity contribution in [3.05, 3.63) is 64.3 Å². The standard InChI is InChI=1S/C18H17BrN4O/c1-12-2-5-15(6-3-12)20-11-18(24)23-22-10-13-9-21-17-7-4-14(19)8-16(13)17/h2-10,20-21H,11H2,1H3,(H,23,24)/b22-10+. The van der Waals surface area contributed by atoms with Crippen molar-refractivity contribution < 1.29 is 4.79 Å². The van der Waals surface area contributed by atoms with E-state index in [1.54, 1.807) is 6.21 Å². The number of aromatic amines is 1. The Bertz CT molecular complexity index is 884. The third-order valence-electron chi connectivity index (χ3n) is 3.57. The van der Waals surface area contributed by atoms with Crippen LogP contribution in [0.5, 0.6) is 0 Å². The van der Waals surface area contributed by atoms with Crippen LogP contribution >= 0.6 is 15.9 Å². The lowest BCUT2D eigenvalue weighted by molar-refractivity contribution is -0.119. The molecule has 122 valence electrons. The zero-order valence-corrected chi connectivity index (χ0v) is 14.7. The molecule has 6 heteroatoms. The Labute approximate surface area is 148 Å². The van der Waals surface area contributed by atoms with Crippen molar-refractivity contribution >= 4 is 44.6 Å². The van der Waals surface area contributed by atoms with Crippen LogP contribution in [0.1, 0.15) is 11.1 Å². The molecule has 0 saturated carbocycles. The topological polar surface area (TPSA) is 69.3 Å². The molecule has 24 heavy (non-hydrogen) atoms. The second-order valence-corrected chi connectivity index (χ2v) is 6.36. The van der Waals surface area contributed by atoms with E-state index >= 15 is 0 Å². The predicted molar refractivity (Wildman–Crippen MR) is 101 cm³/mol. The molecule has 3 N–H and O–H groups in total. The monoisotopic (exact) mass is 384 g/mol. The molecular formula is C18H17BrN4O. The maximum atomic E-state index is 11.8. The number of aromatic nitrogens is 1. The summed E-state index contributed by atoms with van der Waals surface area (Å²) in [6, 6.07) is 13.8. The first-order valence-corrected chi connectivity index (χ1v) is 8.30. The molecule has 1 amide bonds. The van der Waals surface area contributed by atoms with E-state index in [0.29, 0.717) is 0 Å². The molecule has 3 rings (SSSR count). The number of hydrogen-bond acceptors (Lipinski definition) is 3. The number of aryl methyl sites for hydroxylation is 1. The lowest BCUT2D eigenvalue weighted by Gasteiger charge is -2.05. The summed E-state index contributed by atoms with van der Waals surface area (Å²) < 4.78 is 0.996. The second-order valence-electron chi connectivity index (χ2n) is 5.45. The van der Waals surface area contributed by atoms with Crippen LogP contribution in [0.2, 0.25) is 0 Å². The van der Waals surface area contributed by atoms with Crippen molar-refractivity contribution in [2.45, 2.75) is 6.92 Å². The summed E-state index contributed by atoms with van der Waals surface area (Å²) in [6.45, 7) is 2.19. The number of carbonyl (C=O) groups is 1. The fourth-order valence-electron chi connectivity index (χ4n) is 2.29. The number of nitrogens with one attached hydrogen (secondary N) is 3. The van der Waals surface area contributed by atoms with Gasteiger partial charge in [-0.2, -0.15) is 5.10 Å². The van der Waals surface area contributed by atoms with Crippen LogP contribution < -0.4 is 10.7 Å². The van der Waals surface area contributed by atoms with E-state index in [2.05, 4.69) is 36.8 Å². The Morgan fingerprint density at radius 1 is 1.25 bits per heavy atom. The van der Waals surface area contributed by atoms with Crippen LogP contribution in [0.15, 0.2) is 58.2 Å². The molecule has 3 aromatic rings. The first-order chi connectivity index (χ1) is 11.6. The average molecular weight is 385 g/mol. The molecule has 0 radical (unpaired) electrons. The van der Waals surface area contributed by atoms with E-state index in [-0.39, 0.29) is 12.5 Å². The van der Waals surface area contributed by atoms with Gasteiger partial charge in [0.05, 0.1) is 12.8 Å². The zero-order chi connectivity index (χ0) is 16.9. The van der Waals surface area contributed by atoms with Crippen molar-refractivity contribution in [1.82, 2.24) is 10.4 Å². The van der Waals surface area contributed by atoms with Gasteiger partial charge in [-0.05, 0) is 37.3 Å². The number of hydrogen-bond donors (Lipinski definition) is 3. The molecule has 5 nitrogen and oxygen atoms in total. The highest BCUT2D eigenvalue weighted by atomic mass is 79.9. The SMILES string of the molecule is Cc1ccc(NCC(=O)N/N=C/c2c[nH]c3ccc(Br)cc23)cc1. The molecule has 0 aliphatic rings. The molecule has 0 aliphatic carbocycles. The number of amides is 1. The molecule has 0 aliphatic heterocycles. The van der Waals surface area contributed by atoms with Gasteiger partial charge >= 0.3 is 0 Å². The molecule has 0 saturated heterocycles. The highest BCUT2D eigenvalue weighted by Gasteiger charge is 2.03. The second kappa shape index (κ2) is 7.31. The Balaban J connectivity index is 1.56. The number of H-pyrrole nitrogens is 1. The fourth-order valence-corrected chi connectivity index (χ4v) is 2.65. The van der Waals surface area contributed by atoms with E-state index in [0.717, 1.165) is 26.6 Å². The normalized spacial score (nSPS) is 11.1. The summed E-state index contributed by atoms with van der Waals surface area (Å²) in [5.74, 6) is -0.201. The molecular weight excluding hydrogens is 368 g/mol. The highest BCUT2D eigenvalue weighted by molar-refractivity contribution is 9.10. The summed E-state index contributed by atoms with van der Waals surface area (Å²) in [7, 11) is 0. The number of fused-ring (bicyclic) bond motifs is 1. The van der Waals surface area contributed by atoms with E-state index in [1.165, 1.54) is 5.56 Å².